The zero-order chi connectivity index (χ0) is 10.6. The number of halogens is 1. The Morgan fingerprint density at radius 3 is 2.71 bits per heavy atom. The molecule has 0 unspecified atom stereocenters. The fraction of sp³-hybridized carbons (Fsp3) is 0.455. The van der Waals surface area contributed by atoms with Gasteiger partial charge in [0.1, 0.15) is 5.82 Å². The molecule has 0 saturated carbocycles. The largest absolute Gasteiger partial charge is 0.392 e. The number of benzene rings is 1. The van der Waals surface area contributed by atoms with Gasteiger partial charge >= 0.3 is 0 Å². The molecule has 0 heterocycles. The van der Waals surface area contributed by atoms with E-state index in [2.05, 4.69) is 0 Å². The van der Waals surface area contributed by atoms with Crippen molar-refractivity contribution in [3.63, 3.8) is 0 Å². The quantitative estimate of drug-likeness (QED) is 0.776. The predicted octanol–water partition coefficient (Wildman–Crippen LogP) is 2.12. The molecule has 1 atom stereocenters. The summed E-state index contributed by atoms with van der Waals surface area (Å²) in [4.78, 5) is 0. The minimum atomic E-state index is -0.322. The average molecular weight is 197 g/mol. The first-order chi connectivity index (χ1) is 6.69. The second-order valence-electron chi connectivity index (χ2n) is 3.41. The van der Waals surface area contributed by atoms with E-state index >= 15 is 0 Å². The molecule has 0 bridgehead atoms. The van der Waals surface area contributed by atoms with E-state index in [1.165, 1.54) is 6.07 Å². The summed E-state index contributed by atoms with van der Waals surface area (Å²) in [5.41, 5.74) is 6.91. The SMILES string of the molecule is CCC[C@H](N)c1ccc(CO)cc1F. The molecule has 0 radical (unpaired) electrons. The van der Waals surface area contributed by atoms with Gasteiger partial charge in [-0.15, -0.1) is 0 Å². The van der Waals surface area contributed by atoms with Gasteiger partial charge in [-0.3, -0.25) is 0 Å². The van der Waals surface area contributed by atoms with E-state index in [0.29, 0.717) is 11.1 Å². The minimum Gasteiger partial charge on any atom is -0.392 e. The summed E-state index contributed by atoms with van der Waals surface area (Å²) >= 11 is 0. The van der Waals surface area contributed by atoms with Crippen LogP contribution in [0.25, 0.3) is 0 Å². The van der Waals surface area contributed by atoms with Crippen molar-refractivity contribution in [3.8, 4) is 0 Å². The lowest BCUT2D eigenvalue weighted by Gasteiger charge is -2.12. The van der Waals surface area contributed by atoms with Crippen molar-refractivity contribution >= 4 is 0 Å². The summed E-state index contributed by atoms with van der Waals surface area (Å²) < 4.78 is 13.4. The first kappa shape index (κ1) is 11.1. The van der Waals surface area contributed by atoms with Gasteiger partial charge in [0.05, 0.1) is 6.61 Å². The summed E-state index contributed by atoms with van der Waals surface area (Å²) in [7, 11) is 0. The molecule has 1 aromatic carbocycles. The third-order valence-corrected chi connectivity index (χ3v) is 2.25. The van der Waals surface area contributed by atoms with E-state index in [1.54, 1.807) is 12.1 Å². The summed E-state index contributed by atoms with van der Waals surface area (Å²) in [6.07, 6.45) is 1.71. The second kappa shape index (κ2) is 5.08. The fourth-order valence-electron chi connectivity index (χ4n) is 1.44. The summed E-state index contributed by atoms with van der Waals surface area (Å²) in [5.74, 6) is -0.322. The Kier molecular flexibility index (Phi) is 4.04. The number of nitrogens with two attached hydrogens (primary N) is 1. The Balaban J connectivity index is 2.88. The Hall–Kier alpha value is -0.930. The van der Waals surface area contributed by atoms with Gasteiger partial charge in [0.2, 0.25) is 0 Å². The van der Waals surface area contributed by atoms with Gasteiger partial charge in [0, 0.05) is 11.6 Å². The zero-order valence-corrected chi connectivity index (χ0v) is 8.33. The maximum Gasteiger partial charge on any atom is 0.128 e. The van der Waals surface area contributed by atoms with Crippen molar-refractivity contribution in [3.05, 3.63) is 35.1 Å². The van der Waals surface area contributed by atoms with E-state index in [1.807, 2.05) is 6.92 Å². The Labute approximate surface area is 83.6 Å². The molecule has 0 amide bonds. The fourth-order valence-corrected chi connectivity index (χ4v) is 1.44. The van der Waals surface area contributed by atoms with Crippen molar-refractivity contribution in [1.29, 1.82) is 0 Å². The number of hydrogen-bond acceptors (Lipinski definition) is 2. The van der Waals surface area contributed by atoms with Crippen LogP contribution < -0.4 is 5.73 Å². The molecule has 0 fully saturated rings. The summed E-state index contributed by atoms with van der Waals surface area (Å²) in [5, 5.41) is 8.80. The number of hydrogen-bond donors (Lipinski definition) is 2. The van der Waals surface area contributed by atoms with Crippen LogP contribution in [0.15, 0.2) is 18.2 Å². The van der Waals surface area contributed by atoms with Crippen LogP contribution in [0, 0.1) is 5.82 Å². The van der Waals surface area contributed by atoms with Crippen LogP contribution in [-0.2, 0) is 6.61 Å². The van der Waals surface area contributed by atoms with Crippen molar-refractivity contribution < 1.29 is 9.50 Å². The normalized spacial score (nSPS) is 12.9. The zero-order valence-electron chi connectivity index (χ0n) is 8.33. The van der Waals surface area contributed by atoms with Gasteiger partial charge in [-0.1, -0.05) is 25.5 Å². The van der Waals surface area contributed by atoms with Crippen LogP contribution in [-0.4, -0.2) is 5.11 Å². The molecule has 0 aliphatic carbocycles. The molecule has 14 heavy (non-hydrogen) atoms. The highest BCUT2D eigenvalue weighted by molar-refractivity contribution is 5.26. The van der Waals surface area contributed by atoms with Crippen LogP contribution in [0.4, 0.5) is 4.39 Å². The molecular formula is C11H16FNO. The van der Waals surface area contributed by atoms with Crippen molar-refractivity contribution in [1.82, 2.24) is 0 Å². The third-order valence-electron chi connectivity index (χ3n) is 2.25. The monoisotopic (exact) mass is 197 g/mol. The first-order valence-electron chi connectivity index (χ1n) is 4.83. The lowest BCUT2D eigenvalue weighted by Crippen LogP contribution is -2.11. The minimum absolute atomic E-state index is 0.139. The van der Waals surface area contributed by atoms with Crippen molar-refractivity contribution in [2.75, 3.05) is 0 Å². The topological polar surface area (TPSA) is 46.2 Å². The highest BCUT2D eigenvalue weighted by atomic mass is 19.1. The molecule has 3 N–H and O–H groups in total. The summed E-state index contributed by atoms with van der Waals surface area (Å²) in [6.45, 7) is 1.88. The van der Waals surface area contributed by atoms with Gasteiger partial charge in [0.15, 0.2) is 0 Å². The lowest BCUT2D eigenvalue weighted by molar-refractivity contribution is 0.281. The maximum atomic E-state index is 13.4. The molecule has 1 rings (SSSR count). The molecule has 0 saturated heterocycles. The van der Waals surface area contributed by atoms with Crippen molar-refractivity contribution in [2.24, 2.45) is 5.73 Å². The van der Waals surface area contributed by atoms with E-state index in [0.717, 1.165) is 12.8 Å². The second-order valence-corrected chi connectivity index (χ2v) is 3.41. The van der Waals surface area contributed by atoms with Crippen LogP contribution >= 0.6 is 0 Å². The highest BCUT2D eigenvalue weighted by Gasteiger charge is 2.10. The van der Waals surface area contributed by atoms with Gasteiger partial charge in [-0.2, -0.15) is 0 Å². The predicted molar refractivity (Wildman–Crippen MR) is 54.2 cm³/mol. The van der Waals surface area contributed by atoms with E-state index in [9.17, 15) is 4.39 Å². The van der Waals surface area contributed by atoms with Gasteiger partial charge in [-0.05, 0) is 18.1 Å². The van der Waals surface area contributed by atoms with E-state index in [4.69, 9.17) is 10.8 Å². The van der Waals surface area contributed by atoms with Gasteiger partial charge in [0.25, 0.3) is 0 Å². The molecule has 0 spiro atoms. The average Bonchev–Trinajstić information content (AvgIpc) is 2.17. The first-order valence-corrected chi connectivity index (χ1v) is 4.83. The van der Waals surface area contributed by atoms with Gasteiger partial charge < -0.3 is 10.8 Å². The Bertz CT molecular complexity index is 301. The smallest absolute Gasteiger partial charge is 0.128 e. The molecule has 3 heteroatoms. The Morgan fingerprint density at radius 2 is 2.21 bits per heavy atom. The van der Waals surface area contributed by atoms with E-state index in [-0.39, 0.29) is 18.5 Å². The molecular weight excluding hydrogens is 181 g/mol. The molecule has 0 aromatic heterocycles. The molecule has 0 aliphatic heterocycles. The van der Waals surface area contributed by atoms with Crippen LogP contribution in [0.2, 0.25) is 0 Å². The molecule has 78 valence electrons. The van der Waals surface area contributed by atoms with Crippen LogP contribution in [0.5, 0.6) is 0 Å². The van der Waals surface area contributed by atoms with Gasteiger partial charge in [-0.25, -0.2) is 4.39 Å². The van der Waals surface area contributed by atoms with Crippen LogP contribution in [0.3, 0.4) is 0 Å². The van der Waals surface area contributed by atoms with Crippen molar-refractivity contribution in [2.45, 2.75) is 32.4 Å². The maximum absolute atomic E-state index is 13.4. The molecule has 2 nitrogen and oxygen atoms in total. The number of aliphatic hydroxyl groups is 1. The standard InChI is InChI=1S/C11H16FNO/c1-2-3-11(13)9-5-4-8(7-14)6-10(9)12/h4-6,11,14H,2-3,7,13H2,1H3/t11-/m0/s1. The number of aliphatic hydroxyl groups excluding tert-OH is 1. The highest BCUT2D eigenvalue weighted by Crippen LogP contribution is 2.20. The molecule has 0 aliphatic rings. The lowest BCUT2D eigenvalue weighted by atomic mass is 10.0. The van der Waals surface area contributed by atoms with E-state index < -0.39 is 0 Å². The molecule has 1 aromatic rings. The van der Waals surface area contributed by atoms with Crippen LogP contribution in [0.1, 0.15) is 36.9 Å². The summed E-state index contributed by atoms with van der Waals surface area (Å²) in [6, 6.07) is 4.45. The Morgan fingerprint density at radius 1 is 1.50 bits per heavy atom. The third kappa shape index (κ3) is 2.53. The number of rotatable bonds is 4.